The third kappa shape index (κ3) is 4.13. The van der Waals surface area contributed by atoms with Gasteiger partial charge in [0.15, 0.2) is 0 Å². The van der Waals surface area contributed by atoms with Gasteiger partial charge < -0.3 is 15.1 Å². The molecular formula is C19H22N4O. The number of aromatic nitrogens is 2. The molecular weight excluding hydrogens is 300 g/mol. The van der Waals surface area contributed by atoms with Gasteiger partial charge in [0.1, 0.15) is 23.2 Å². The van der Waals surface area contributed by atoms with Crippen molar-refractivity contribution in [1.29, 1.82) is 0 Å². The highest BCUT2D eigenvalue weighted by atomic mass is 16.3. The molecule has 0 spiro atoms. The van der Waals surface area contributed by atoms with Crippen LogP contribution in [0.15, 0.2) is 53.1 Å². The molecule has 2 heterocycles. The van der Waals surface area contributed by atoms with Crippen LogP contribution in [-0.4, -0.2) is 9.97 Å². The minimum Gasteiger partial charge on any atom is -0.467 e. The van der Waals surface area contributed by atoms with Crippen molar-refractivity contribution >= 4 is 17.3 Å². The first-order valence-electron chi connectivity index (χ1n) is 8.09. The van der Waals surface area contributed by atoms with Crippen LogP contribution < -0.4 is 10.6 Å². The van der Waals surface area contributed by atoms with Crippen molar-refractivity contribution in [2.24, 2.45) is 0 Å². The topological polar surface area (TPSA) is 63.0 Å². The molecule has 0 saturated carbocycles. The van der Waals surface area contributed by atoms with E-state index in [1.807, 2.05) is 25.1 Å². The first-order chi connectivity index (χ1) is 11.6. The summed E-state index contributed by atoms with van der Waals surface area (Å²) in [4.78, 5) is 8.85. The molecule has 24 heavy (non-hydrogen) atoms. The molecule has 3 aromatic rings. The first-order valence-corrected chi connectivity index (χ1v) is 8.09. The van der Waals surface area contributed by atoms with Crippen LogP contribution in [0.25, 0.3) is 0 Å². The van der Waals surface area contributed by atoms with Crippen LogP contribution in [0.4, 0.5) is 17.3 Å². The summed E-state index contributed by atoms with van der Waals surface area (Å²) >= 11 is 0. The fraction of sp³-hybridized carbons (Fsp3) is 0.263. The molecule has 124 valence electrons. The molecule has 5 heteroatoms. The minimum absolute atomic E-state index is 0.526. The highest BCUT2D eigenvalue weighted by Crippen LogP contribution is 2.21. The second-order valence-corrected chi connectivity index (χ2v) is 6.02. The Hall–Kier alpha value is -2.82. The van der Waals surface area contributed by atoms with Gasteiger partial charge in [0, 0.05) is 11.8 Å². The maximum atomic E-state index is 5.32. The third-order valence-electron chi connectivity index (χ3n) is 3.71. The van der Waals surface area contributed by atoms with Gasteiger partial charge in [0.2, 0.25) is 0 Å². The zero-order chi connectivity index (χ0) is 16.9. The fourth-order valence-corrected chi connectivity index (χ4v) is 2.41. The van der Waals surface area contributed by atoms with Crippen LogP contribution >= 0.6 is 0 Å². The van der Waals surface area contributed by atoms with Gasteiger partial charge in [0.25, 0.3) is 0 Å². The van der Waals surface area contributed by atoms with Crippen molar-refractivity contribution in [3.8, 4) is 0 Å². The second kappa shape index (κ2) is 7.17. The van der Waals surface area contributed by atoms with Crippen LogP contribution in [-0.2, 0) is 6.54 Å². The van der Waals surface area contributed by atoms with E-state index in [-0.39, 0.29) is 0 Å². The molecule has 0 atom stereocenters. The lowest BCUT2D eigenvalue weighted by molar-refractivity contribution is 0.518. The fourth-order valence-electron chi connectivity index (χ4n) is 2.41. The van der Waals surface area contributed by atoms with Gasteiger partial charge in [-0.25, -0.2) is 9.97 Å². The molecule has 1 aromatic carbocycles. The number of hydrogen-bond donors (Lipinski definition) is 2. The number of nitrogens with one attached hydrogen (secondary N) is 2. The van der Waals surface area contributed by atoms with E-state index in [2.05, 4.69) is 58.7 Å². The predicted octanol–water partition coefficient (Wildman–Crippen LogP) is 4.86. The number of rotatable bonds is 6. The van der Waals surface area contributed by atoms with E-state index in [0.717, 1.165) is 23.1 Å². The van der Waals surface area contributed by atoms with Crippen LogP contribution in [0.5, 0.6) is 0 Å². The molecule has 0 aliphatic carbocycles. The Morgan fingerprint density at radius 2 is 1.79 bits per heavy atom. The molecule has 2 N–H and O–H groups in total. The molecule has 0 unspecified atom stereocenters. The predicted molar refractivity (Wildman–Crippen MR) is 96.6 cm³/mol. The van der Waals surface area contributed by atoms with Crippen molar-refractivity contribution in [2.75, 3.05) is 10.6 Å². The van der Waals surface area contributed by atoms with Crippen LogP contribution in [0, 0.1) is 6.92 Å². The average molecular weight is 322 g/mol. The van der Waals surface area contributed by atoms with Crippen molar-refractivity contribution in [2.45, 2.75) is 33.2 Å². The Morgan fingerprint density at radius 1 is 1.04 bits per heavy atom. The van der Waals surface area contributed by atoms with Crippen molar-refractivity contribution in [3.05, 3.63) is 65.9 Å². The largest absolute Gasteiger partial charge is 0.467 e. The zero-order valence-electron chi connectivity index (χ0n) is 14.2. The number of benzene rings is 1. The van der Waals surface area contributed by atoms with Crippen LogP contribution in [0.3, 0.4) is 0 Å². The standard InChI is InChI=1S/C19H22N4O/c1-13(2)15-6-8-16(9-7-15)23-19-11-18(21-14(3)22-19)20-12-17-5-4-10-24-17/h4-11,13H,12H2,1-3H3,(H2,20,21,22,23). The Bertz CT molecular complexity index is 780. The summed E-state index contributed by atoms with van der Waals surface area (Å²) in [7, 11) is 0. The van der Waals surface area contributed by atoms with Gasteiger partial charge in [-0.05, 0) is 42.7 Å². The molecule has 3 rings (SSSR count). The molecule has 0 aliphatic rings. The van der Waals surface area contributed by atoms with Gasteiger partial charge in [-0.15, -0.1) is 0 Å². The quantitative estimate of drug-likeness (QED) is 0.679. The zero-order valence-corrected chi connectivity index (χ0v) is 14.2. The average Bonchev–Trinajstić information content (AvgIpc) is 3.06. The van der Waals surface area contributed by atoms with Crippen LogP contribution in [0.2, 0.25) is 0 Å². The second-order valence-electron chi connectivity index (χ2n) is 6.02. The lowest BCUT2D eigenvalue weighted by atomic mass is 10.0. The number of hydrogen-bond acceptors (Lipinski definition) is 5. The first kappa shape index (κ1) is 16.1. The Kier molecular flexibility index (Phi) is 4.79. The summed E-state index contributed by atoms with van der Waals surface area (Å²) < 4.78 is 5.32. The normalized spacial score (nSPS) is 10.8. The molecule has 0 fully saturated rings. The molecule has 5 nitrogen and oxygen atoms in total. The molecule has 0 bridgehead atoms. The van der Waals surface area contributed by atoms with Crippen molar-refractivity contribution in [3.63, 3.8) is 0 Å². The lowest BCUT2D eigenvalue weighted by Gasteiger charge is -2.11. The number of anilines is 3. The van der Waals surface area contributed by atoms with E-state index >= 15 is 0 Å². The molecule has 0 aliphatic heterocycles. The third-order valence-corrected chi connectivity index (χ3v) is 3.71. The van der Waals surface area contributed by atoms with Gasteiger partial charge in [-0.1, -0.05) is 26.0 Å². The van der Waals surface area contributed by atoms with Gasteiger partial charge >= 0.3 is 0 Å². The van der Waals surface area contributed by atoms with E-state index < -0.39 is 0 Å². The number of nitrogens with zero attached hydrogens (tertiary/aromatic N) is 2. The van der Waals surface area contributed by atoms with E-state index in [4.69, 9.17) is 4.42 Å². The summed E-state index contributed by atoms with van der Waals surface area (Å²) in [6.07, 6.45) is 1.66. The maximum absolute atomic E-state index is 5.32. The Balaban J connectivity index is 1.71. The van der Waals surface area contributed by atoms with Gasteiger partial charge in [-0.3, -0.25) is 0 Å². The molecule has 0 amide bonds. The summed E-state index contributed by atoms with van der Waals surface area (Å²) in [6, 6.07) is 14.1. The maximum Gasteiger partial charge on any atom is 0.136 e. The van der Waals surface area contributed by atoms with E-state index in [9.17, 15) is 0 Å². The molecule has 0 radical (unpaired) electrons. The van der Waals surface area contributed by atoms with Crippen molar-refractivity contribution < 1.29 is 4.42 Å². The smallest absolute Gasteiger partial charge is 0.136 e. The van der Waals surface area contributed by atoms with Gasteiger partial charge in [0.05, 0.1) is 12.8 Å². The van der Waals surface area contributed by atoms with Gasteiger partial charge in [-0.2, -0.15) is 0 Å². The number of aryl methyl sites for hydroxylation is 1. The highest BCUT2D eigenvalue weighted by molar-refractivity contribution is 5.59. The molecule has 0 saturated heterocycles. The van der Waals surface area contributed by atoms with E-state index in [0.29, 0.717) is 18.3 Å². The van der Waals surface area contributed by atoms with Crippen LogP contribution in [0.1, 0.15) is 36.9 Å². The number of furan rings is 1. The summed E-state index contributed by atoms with van der Waals surface area (Å²) in [5, 5.41) is 6.58. The van der Waals surface area contributed by atoms with E-state index in [1.54, 1.807) is 6.26 Å². The summed E-state index contributed by atoms with van der Waals surface area (Å²) in [5.74, 6) is 3.63. The Labute approximate surface area is 142 Å². The summed E-state index contributed by atoms with van der Waals surface area (Å²) in [6.45, 7) is 6.84. The SMILES string of the molecule is Cc1nc(NCc2ccco2)cc(Nc2ccc(C(C)C)cc2)n1. The monoisotopic (exact) mass is 322 g/mol. The highest BCUT2D eigenvalue weighted by Gasteiger charge is 2.04. The summed E-state index contributed by atoms with van der Waals surface area (Å²) in [5.41, 5.74) is 2.33. The van der Waals surface area contributed by atoms with Crippen molar-refractivity contribution in [1.82, 2.24) is 9.97 Å². The lowest BCUT2D eigenvalue weighted by Crippen LogP contribution is -2.04. The minimum atomic E-state index is 0.526. The Morgan fingerprint density at radius 3 is 2.46 bits per heavy atom. The molecule has 2 aromatic heterocycles. The van der Waals surface area contributed by atoms with E-state index in [1.165, 1.54) is 5.56 Å².